The molecular formula is C74H89N3. The first-order valence-corrected chi connectivity index (χ1v) is 28.5. The lowest BCUT2D eigenvalue weighted by Crippen LogP contribution is -2.28. The fraction of sp³-hybridized carbons (Fsp3) is 0.311. The molecule has 0 saturated carbocycles. The summed E-state index contributed by atoms with van der Waals surface area (Å²) in [6.45, 7) is 41.6. The number of rotatable bonds is 29. The molecule has 1 heterocycles. The largest absolute Gasteiger partial charge is 0.213 e. The van der Waals surface area contributed by atoms with Crippen LogP contribution >= 0.6 is 0 Å². The average Bonchev–Trinajstić information content (AvgIpc) is 3.72. The van der Waals surface area contributed by atoms with Gasteiger partial charge in [-0.3, -0.25) is 0 Å². The van der Waals surface area contributed by atoms with Crippen LogP contribution in [0.2, 0.25) is 0 Å². The number of aromatic nitrogens is 3. The van der Waals surface area contributed by atoms with Crippen LogP contribution in [0.15, 0.2) is 259 Å². The van der Waals surface area contributed by atoms with Crippen molar-refractivity contribution in [2.45, 2.75) is 144 Å². The summed E-state index contributed by atoms with van der Waals surface area (Å²) < 4.78 is 0. The Hall–Kier alpha value is -7.23. The molecule has 0 fully saturated rings. The van der Waals surface area contributed by atoms with Crippen molar-refractivity contribution in [2.75, 3.05) is 0 Å². The molecule has 2 unspecified atom stereocenters. The topological polar surface area (TPSA) is 38.7 Å². The number of allylic oxidation sites excluding steroid dienone is 36. The van der Waals surface area contributed by atoms with Gasteiger partial charge in [-0.05, 0) is 187 Å². The average molecular weight is 1020 g/mol. The van der Waals surface area contributed by atoms with Gasteiger partial charge in [0.05, 0.1) is 0 Å². The number of fused-ring (bicyclic) bond motifs is 1. The maximum atomic E-state index is 5.45. The van der Waals surface area contributed by atoms with Crippen molar-refractivity contribution in [3.63, 3.8) is 0 Å². The Morgan fingerprint density at radius 3 is 2.32 bits per heavy atom. The summed E-state index contributed by atoms with van der Waals surface area (Å²) >= 11 is 0. The molecule has 1 aromatic carbocycles. The monoisotopic (exact) mass is 1020 g/mol. The van der Waals surface area contributed by atoms with E-state index < -0.39 is 5.41 Å². The van der Waals surface area contributed by atoms with Gasteiger partial charge in [-0.15, -0.1) is 19.7 Å². The lowest BCUT2D eigenvalue weighted by atomic mass is 9.66. The van der Waals surface area contributed by atoms with Gasteiger partial charge in [0.15, 0.2) is 11.6 Å². The van der Waals surface area contributed by atoms with Crippen molar-refractivity contribution in [1.82, 2.24) is 15.0 Å². The number of unbranched alkanes of at least 4 members (excludes halogenated alkanes) is 2. The molecule has 5 rings (SSSR count). The first-order valence-electron chi connectivity index (χ1n) is 28.5. The third-order valence-corrected chi connectivity index (χ3v) is 14.5. The van der Waals surface area contributed by atoms with Crippen molar-refractivity contribution in [1.29, 1.82) is 0 Å². The van der Waals surface area contributed by atoms with Crippen molar-refractivity contribution in [3.05, 3.63) is 282 Å². The van der Waals surface area contributed by atoms with Crippen LogP contribution in [0.25, 0.3) is 22.5 Å². The summed E-state index contributed by atoms with van der Waals surface area (Å²) in [5.74, 6) is 2.31. The smallest absolute Gasteiger partial charge is 0.163 e. The summed E-state index contributed by atoms with van der Waals surface area (Å²) in [5, 5.41) is 0. The Morgan fingerprint density at radius 1 is 0.818 bits per heavy atom. The third kappa shape index (κ3) is 16.2. The van der Waals surface area contributed by atoms with E-state index in [1.54, 1.807) is 0 Å². The van der Waals surface area contributed by atoms with Gasteiger partial charge in [0.25, 0.3) is 0 Å². The Kier molecular flexibility index (Phi) is 25.0. The van der Waals surface area contributed by atoms with E-state index in [-0.39, 0.29) is 0 Å². The highest BCUT2D eigenvalue weighted by molar-refractivity contribution is 5.92. The van der Waals surface area contributed by atoms with Gasteiger partial charge in [-0.25, -0.2) is 15.0 Å². The highest BCUT2D eigenvalue weighted by Crippen LogP contribution is 2.58. The molecule has 3 heteroatoms. The number of nitrogens with zero attached hydrogens (tertiary/aromatic N) is 3. The Labute approximate surface area is 466 Å². The van der Waals surface area contributed by atoms with Crippen LogP contribution in [0.3, 0.4) is 0 Å². The van der Waals surface area contributed by atoms with Gasteiger partial charge in [-0.1, -0.05) is 212 Å². The van der Waals surface area contributed by atoms with Gasteiger partial charge >= 0.3 is 0 Å². The molecule has 0 aliphatic heterocycles. The number of hydrogen-bond donors (Lipinski definition) is 0. The second-order valence-corrected chi connectivity index (χ2v) is 20.2. The van der Waals surface area contributed by atoms with Crippen LogP contribution in [0, 0.1) is 5.92 Å². The molecule has 0 radical (unpaired) electrons. The lowest BCUT2D eigenvalue weighted by molar-refractivity contribution is 0.632. The predicted molar refractivity (Wildman–Crippen MR) is 339 cm³/mol. The van der Waals surface area contributed by atoms with Gasteiger partial charge in [0.2, 0.25) is 0 Å². The Bertz CT molecular complexity index is 2970. The minimum Gasteiger partial charge on any atom is -0.213 e. The fourth-order valence-electron chi connectivity index (χ4n) is 10.5. The first-order chi connectivity index (χ1) is 37.5. The molecule has 0 saturated heterocycles. The summed E-state index contributed by atoms with van der Waals surface area (Å²) in [4.78, 5) is 16.2. The summed E-state index contributed by atoms with van der Waals surface area (Å²) in [7, 11) is 0. The van der Waals surface area contributed by atoms with Crippen LogP contribution < -0.4 is 0 Å². The maximum Gasteiger partial charge on any atom is 0.163 e. The molecule has 3 aliphatic carbocycles. The van der Waals surface area contributed by atoms with E-state index in [0.717, 1.165) is 126 Å². The molecule has 77 heavy (non-hydrogen) atoms. The van der Waals surface area contributed by atoms with Crippen molar-refractivity contribution in [3.8, 4) is 11.4 Å². The Balaban J connectivity index is 1.87. The highest BCUT2D eigenvalue weighted by atomic mass is 15.0. The van der Waals surface area contributed by atoms with Crippen molar-refractivity contribution < 1.29 is 0 Å². The molecule has 3 nitrogen and oxygen atoms in total. The molecule has 400 valence electrons. The molecule has 0 bridgehead atoms. The Morgan fingerprint density at radius 2 is 1.64 bits per heavy atom. The van der Waals surface area contributed by atoms with Crippen LogP contribution in [0.5, 0.6) is 0 Å². The van der Waals surface area contributed by atoms with Crippen LogP contribution in [0.4, 0.5) is 0 Å². The number of hydrogen-bond acceptors (Lipinski definition) is 3. The van der Waals surface area contributed by atoms with E-state index in [0.29, 0.717) is 42.7 Å². The summed E-state index contributed by atoms with van der Waals surface area (Å²) in [5.41, 5.74) is 16.2. The van der Waals surface area contributed by atoms with Gasteiger partial charge in [-0.2, -0.15) is 0 Å². The predicted octanol–water partition coefficient (Wildman–Crippen LogP) is 21.0. The molecule has 3 aliphatic rings. The van der Waals surface area contributed by atoms with Crippen LogP contribution in [-0.4, -0.2) is 15.0 Å². The summed E-state index contributed by atoms with van der Waals surface area (Å²) in [6, 6.07) is 6.74. The van der Waals surface area contributed by atoms with E-state index in [1.807, 2.05) is 18.2 Å². The van der Waals surface area contributed by atoms with Gasteiger partial charge < -0.3 is 0 Å². The standard InChI is InChI=1S/C74H89N3/c1-14-23-29-44-68-58(13)67-49-47-65(54-70(67)74(68,51-21-8)69(43-25-16-3)66(37-20-7)55(10)22-9)73-76-71(50-48-64(62-41-30-26-27-31-42-62)52-56(11)60-39-32-28-33-40-60)75-72(77-73)57(12)53-63(61(35-18-5)36-19-6)46-45-59(34-17-4)38-24-15-2/h17-18,20-22,24-28,30,32,35-36,38-39,41-44,46-49,52-54,59H,4,7-10,13-16,19,23,29,31,33-34,37,40,45,50-51H2,1-3,5-6,11-12H3/b35-18-,38-24-,43-25-,56-52+,57-53+,61-36+,63-46+,64-48+,68-44+,69-66-. The molecular weight excluding hydrogens is 931 g/mol. The summed E-state index contributed by atoms with van der Waals surface area (Å²) in [6.07, 6.45) is 65.5. The van der Waals surface area contributed by atoms with Crippen LogP contribution in [-0.2, 0) is 11.8 Å². The molecule has 0 N–H and O–H groups in total. The zero-order chi connectivity index (χ0) is 55.6. The molecule has 0 amide bonds. The van der Waals surface area contributed by atoms with Crippen molar-refractivity contribution >= 4 is 11.1 Å². The molecule has 2 aromatic rings. The number of benzene rings is 1. The van der Waals surface area contributed by atoms with Gasteiger partial charge in [0, 0.05) is 17.4 Å². The zero-order valence-corrected chi connectivity index (χ0v) is 48.1. The van der Waals surface area contributed by atoms with E-state index in [4.69, 9.17) is 21.5 Å². The molecule has 0 spiro atoms. The SMILES string of the molecule is C=CC/C(C(=C)C=C)=C(\C=C/CC)C1(CC=C)/C(=C/CCCC)C(=C)c2ccc(-c3nc(C/C=C(\C=C(/C)C4=CC=CCC4)C4=CCC=CC=C4)nc(/C(C)=C/C(=C\CC(/C=C\CC)CC=C)C(/C=C\C)=C/CC)n3)cc21. The first kappa shape index (κ1) is 60.6. The third-order valence-electron chi connectivity index (χ3n) is 14.5. The van der Waals surface area contributed by atoms with Crippen molar-refractivity contribution in [2.24, 2.45) is 5.92 Å². The lowest BCUT2D eigenvalue weighted by Gasteiger charge is -2.36. The van der Waals surface area contributed by atoms with E-state index in [2.05, 4.69) is 227 Å². The fourth-order valence-corrected chi connectivity index (χ4v) is 10.5. The highest BCUT2D eigenvalue weighted by Gasteiger charge is 2.47. The second-order valence-electron chi connectivity index (χ2n) is 20.2. The normalized spacial score (nSPS) is 18.7. The van der Waals surface area contributed by atoms with Gasteiger partial charge in [0.1, 0.15) is 5.82 Å². The minimum absolute atomic E-state index is 0.348. The van der Waals surface area contributed by atoms with E-state index in [1.165, 1.54) is 27.9 Å². The minimum atomic E-state index is -0.632. The second kappa shape index (κ2) is 31.7. The molecule has 1 aromatic heterocycles. The quantitative estimate of drug-likeness (QED) is 0.0463. The van der Waals surface area contributed by atoms with E-state index in [9.17, 15) is 0 Å². The zero-order valence-electron chi connectivity index (χ0n) is 48.1. The van der Waals surface area contributed by atoms with E-state index >= 15 is 0 Å². The van der Waals surface area contributed by atoms with Crippen LogP contribution in [0.1, 0.15) is 155 Å². The maximum absolute atomic E-state index is 5.45. The molecule has 2 atom stereocenters.